The van der Waals surface area contributed by atoms with Gasteiger partial charge in [-0.2, -0.15) is 0 Å². The number of amides is 2. The van der Waals surface area contributed by atoms with Crippen LogP contribution in [0.25, 0.3) is 0 Å². The van der Waals surface area contributed by atoms with Crippen molar-refractivity contribution in [2.24, 2.45) is 0 Å². The van der Waals surface area contributed by atoms with E-state index in [-0.39, 0.29) is 12.6 Å². The van der Waals surface area contributed by atoms with E-state index in [0.717, 1.165) is 31.7 Å². The van der Waals surface area contributed by atoms with Crippen molar-refractivity contribution in [2.45, 2.75) is 19.9 Å². The molecule has 2 N–H and O–H groups in total. The number of hydrogen-bond donors (Lipinski definition) is 2. The Bertz CT molecular complexity index is 1050. The van der Waals surface area contributed by atoms with Crippen LogP contribution in [0.2, 0.25) is 5.02 Å². The van der Waals surface area contributed by atoms with Crippen molar-refractivity contribution in [1.82, 2.24) is 15.5 Å². The maximum Gasteiger partial charge on any atom is 0.338 e. The Balaban J connectivity index is 1.56. The third-order valence-electron chi connectivity index (χ3n) is 6.06. The van der Waals surface area contributed by atoms with E-state index in [1.807, 2.05) is 12.1 Å². The average molecular weight is 469 g/mol. The highest BCUT2D eigenvalue weighted by atomic mass is 35.5. The minimum absolute atomic E-state index is 0.256. The molecule has 1 fully saturated rings. The second kappa shape index (κ2) is 10.3. The number of rotatable bonds is 6. The number of urea groups is 1. The van der Waals surface area contributed by atoms with Crippen LogP contribution in [0.15, 0.2) is 59.8 Å². The highest BCUT2D eigenvalue weighted by molar-refractivity contribution is 6.30. The summed E-state index contributed by atoms with van der Waals surface area (Å²) in [4.78, 5) is 30.1. The Kier molecular flexibility index (Phi) is 7.20. The van der Waals surface area contributed by atoms with Crippen molar-refractivity contribution in [3.8, 4) is 0 Å². The van der Waals surface area contributed by atoms with Gasteiger partial charge in [0, 0.05) is 49.1 Å². The van der Waals surface area contributed by atoms with E-state index in [0.29, 0.717) is 22.8 Å². The van der Waals surface area contributed by atoms with Crippen molar-refractivity contribution < 1.29 is 14.3 Å². The van der Waals surface area contributed by atoms with Crippen LogP contribution in [0.4, 0.5) is 10.5 Å². The first kappa shape index (κ1) is 23.1. The lowest BCUT2D eigenvalue weighted by atomic mass is 9.95. The van der Waals surface area contributed by atoms with Gasteiger partial charge in [-0.1, -0.05) is 41.9 Å². The van der Waals surface area contributed by atoms with Gasteiger partial charge in [0.1, 0.15) is 0 Å². The van der Waals surface area contributed by atoms with Crippen molar-refractivity contribution >= 4 is 29.3 Å². The number of para-hydroxylation sites is 1. The number of piperazine rings is 1. The van der Waals surface area contributed by atoms with Gasteiger partial charge in [-0.05, 0) is 43.2 Å². The highest BCUT2D eigenvalue weighted by Gasteiger charge is 2.34. The lowest BCUT2D eigenvalue weighted by Gasteiger charge is -2.38. The number of halogens is 1. The summed E-state index contributed by atoms with van der Waals surface area (Å²) in [5, 5.41) is 6.32. The van der Waals surface area contributed by atoms with Crippen LogP contribution in [0.5, 0.6) is 0 Å². The number of nitrogens with one attached hydrogen (secondary N) is 2. The number of esters is 1. The minimum atomic E-state index is -0.599. The van der Waals surface area contributed by atoms with Crippen molar-refractivity contribution in [1.29, 1.82) is 0 Å². The predicted octanol–water partition coefficient (Wildman–Crippen LogP) is 3.64. The molecule has 33 heavy (non-hydrogen) atoms. The van der Waals surface area contributed by atoms with Crippen molar-refractivity contribution in [3.05, 3.63) is 76.0 Å². The molecule has 0 aliphatic carbocycles. The van der Waals surface area contributed by atoms with Gasteiger partial charge in [-0.3, -0.25) is 4.90 Å². The van der Waals surface area contributed by atoms with Gasteiger partial charge in [0.15, 0.2) is 0 Å². The quantitative estimate of drug-likeness (QED) is 0.633. The maximum atomic E-state index is 13.0. The molecule has 2 aliphatic rings. The molecule has 2 amide bonds. The lowest BCUT2D eigenvalue weighted by Crippen LogP contribution is -2.52. The summed E-state index contributed by atoms with van der Waals surface area (Å²) in [5.41, 5.74) is 4.30. The fourth-order valence-corrected chi connectivity index (χ4v) is 4.51. The van der Waals surface area contributed by atoms with Gasteiger partial charge in [0.2, 0.25) is 0 Å². The minimum Gasteiger partial charge on any atom is -0.463 e. The largest absolute Gasteiger partial charge is 0.463 e. The molecule has 2 aliphatic heterocycles. The first-order valence-electron chi connectivity index (χ1n) is 11.2. The van der Waals surface area contributed by atoms with Gasteiger partial charge in [-0.15, -0.1) is 0 Å². The van der Waals surface area contributed by atoms with Gasteiger partial charge in [0.25, 0.3) is 0 Å². The van der Waals surface area contributed by atoms with Gasteiger partial charge in [0.05, 0.1) is 18.2 Å². The van der Waals surface area contributed by atoms with Crippen molar-refractivity contribution in [3.63, 3.8) is 0 Å². The van der Waals surface area contributed by atoms with Gasteiger partial charge >= 0.3 is 12.0 Å². The first-order valence-corrected chi connectivity index (χ1v) is 11.6. The molecular formula is C25H29ClN4O3. The van der Waals surface area contributed by atoms with Crippen LogP contribution in [-0.2, 0) is 9.53 Å². The monoisotopic (exact) mass is 468 g/mol. The molecule has 1 atom stereocenters. The van der Waals surface area contributed by atoms with E-state index in [2.05, 4.69) is 51.6 Å². The fraction of sp³-hybridized carbons (Fsp3) is 0.360. The standard InChI is InChI=1S/C25H29ClN4O3/c1-3-33-24(31)22-20(27-25(32)28-23(22)18-8-10-19(26)11-9-18)16-29-12-14-30(15-13-29)21-7-5-4-6-17(21)2/h4-11,23H,3,12-16H2,1-2H3,(H2,27,28,32)/t23-/m1/s1. The van der Waals surface area contributed by atoms with E-state index in [9.17, 15) is 9.59 Å². The van der Waals surface area contributed by atoms with Crippen LogP contribution in [0, 0.1) is 6.92 Å². The van der Waals surface area contributed by atoms with Crippen LogP contribution < -0.4 is 15.5 Å². The number of carbonyl (C=O) groups excluding carboxylic acids is 2. The molecule has 7 nitrogen and oxygen atoms in total. The molecule has 2 aromatic rings. The number of hydrogen-bond acceptors (Lipinski definition) is 5. The molecule has 0 bridgehead atoms. The summed E-state index contributed by atoms with van der Waals surface area (Å²) in [6, 6.07) is 14.6. The number of ether oxygens (including phenoxy) is 1. The number of carbonyl (C=O) groups is 2. The number of anilines is 1. The van der Waals surface area contributed by atoms with E-state index in [1.165, 1.54) is 11.3 Å². The number of nitrogens with zero attached hydrogens (tertiary/aromatic N) is 2. The third-order valence-corrected chi connectivity index (χ3v) is 6.31. The summed E-state index contributed by atoms with van der Waals surface area (Å²) in [7, 11) is 0. The summed E-state index contributed by atoms with van der Waals surface area (Å²) in [6.45, 7) is 8.01. The first-order chi connectivity index (χ1) is 16.0. The van der Waals surface area contributed by atoms with E-state index < -0.39 is 12.0 Å². The molecule has 0 radical (unpaired) electrons. The highest BCUT2D eigenvalue weighted by Crippen LogP contribution is 2.29. The third kappa shape index (κ3) is 5.31. The molecule has 174 valence electrons. The number of aryl methyl sites for hydroxylation is 1. The smallest absolute Gasteiger partial charge is 0.338 e. The Morgan fingerprint density at radius 1 is 1.09 bits per heavy atom. The van der Waals surface area contributed by atoms with Crippen molar-refractivity contribution in [2.75, 3.05) is 44.2 Å². The summed E-state index contributed by atoms with van der Waals surface area (Å²) < 4.78 is 5.36. The molecule has 0 saturated carbocycles. The van der Waals surface area contributed by atoms with E-state index in [1.54, 1.807) is 19.1 Å². The molecule has 2 heterocycles. The summed E-state index contributed by atoms with van der Waals surface area (Å²) in [5.74, 6) is -0.432. The van der Waals surface area contributed by atoms with Gasteiger partial charge < -0.3 is 20.3 Å². The molecule has 0 unspecified atom stereocenters. The second-order valence-electron chi connectivity index (χ2n) is 8.25. The topological polar surface area (TPSA) is 73.9 Å². The van der Waals surface area contributed by atoms with Crippen LogP contribution >= 0.6 is 11.6 Å². The zero-order valence-electron chi connectivity index (χ0n) is 18.9. The molecule has 1 saturated heterocycles. The molecule has 0 spiro atoms. The number of benzene rings is 2. The molecule has 0 aromatic heterocycles. The normalized spacial score (nSPS) is 19.2. The molecule has 8 heteroatoms. The van der Waals surface area contributed by atoms with Crippen LogP contribution in [0.3, 0.4) is 0 Å². The fourth-order valence-electron chi connectivity index (χ4n) is 4.39. The Morgan fingerprint density at radius 3 is 2.45 bits per heavy atom. The molecule has 4 rings (SSSR count). The second-order valence-corrected chi connectivity index (χ2v) is 8.68. The van der Waals surface area contributed by atoms with E-state index >= 15 is 0 Å². The van der Waals surface area contributed by atoms with E-state index in [4.69, 9.17) is 16.3 Å². The van der Waals surface area contributed by atoms with Gasteiger partial charge in [-0.25, -0.2) is 9.59 Å². The van der Waals surface area contributed by atoms with Crippen LogP contribution in [0.1, 0.15) is 24.1 Å². The lowest BCUT2D eigenvalue weighted by molar-refractivity contribution is -0.139. The SMILES string of the molecule is CCOC(=O)C1=C(CN2CCN(c3ccccc3C)CC2)NC(=O)N[C@@H]1c1ccc(Cl)cc1. The zero-order valence-corrected chi connectivity index (χ0v) is 19.7. The Labute approximate surface area is 199 Å². The zero-order chi connectivity index (χ0) is 23.4. The predicted molar refractivity (Wildman–Crippen MR) is 129 cm³/mol. The Hall–Kier alpha value is -3.03. The summed E-state index contributed by atoms with van der Waals surface area (Å²) in [6.07, 6.45) is 0. The average Bonchev–Trinajstić information content (AvgIpc) is 2.80. The maximum absolute atomic E-state index is 13.0. The molecular weight excluding hydrogens is 440 g/mol. The molecule has 2 aromatic carbocycles. The Morgan fingerprint density at radius 2 is 1.79 bits per heavy atom. The van der Waals surface area contributed by atoms with Crippen LogP contribution in [-0.4, -0.2) is 56.2 Å². The summed E-state index contributed by atoms with van der Waals surface area (Å²) >= 11 is 6.04.